The summed E-state index contributed by atoms with van der Waals surface area (Å²) in [5, 5.41) is 8.41. The van der Waals surface area contributed by atoms with Crippen LogP contribution in [0.15, 0.2) is 36.4 Å². The third-order valence-electron chi connectivity index (χ3n) is 6.29. The SMILES string of the molecule is N=c1sc2cc(C(F)(F)F)cc3c2n1[C@@H](CN1CCN(c2ccc(F)cc2)CC1)CC3. The molecule has 0 aliphatic carbocycles. The number of rotatable bonds is 3. The fraction of sp³-hybridized carbons (Fsp3) is 0.409. The van der Waals surface area contributed by atoms with E-state index in [9.17, 15) is 17.6 Å². The third-order valence-corrected chi connectivity index (χ3v) is 7.21. The lowest BCUT2D eigenvalue weighted by molar-refractivity contribution is -0.137. The van der Waals surface area contributed by atoms with Crippen LogP contribution >= 0.6 is 11.3 Å². The van der Waals surface area contributed by atoms with Crippen molar-refractivity contribution >= 4 is 27.2 Å². The van der Waals surface area contributed by atoms with Crippen molar-refractivity contribution in [2.24, 2.45) is 0 Å². The normalized spacial score (nSPS) is 19.9. The molecule has 2 aliphatic heterocycles. The first-order valence-corrected chi connectivity index (χ1v) is 11.1. The number of thiazole rings is 1. The fourth-order valence-electron chi connectivity index (χ4n) is 4.74. The predicted octanol–water partition coefficient (Wildman–Crippen LogP) is 4.65. The van der Waals surface area contributed by atoms with Crippen molar-refractivity contribution in [3.8, 4) is 0 Å². The Labute approximate surface area is 180 Å². The van der Waals surface area contributed by atoms with Gasteiger partial charge in [-0.2, -0.15) is 13.2 Å². The second-order valence-electron chi connectivity index (χ2n) is 8.21. The number of aryl methyl sites for hydroxylation is 1. The molecule has 0 radical (unpaired) electrons. The molecular weight excluding hydrogens is 428 g/mol. The Balaban J connectivity index is 1.33. The summed E-state index contributed by atoms with van der Waals surface area (Å²) in [7, 11) is 0. The maximum atomic E-state index is 13.2. The van der Waals surface area contributed by atoms with Gasteiger partial charge < -0.3 is 9.47 Å². The molecule has 1 atom stereocenters. The topological polar surface area (TPSA) is 35.3 Å². The smallest absolute Gasteiger partial charge is 0.369 e. The molecule has 0 amide bonds. The summed E-state index contributed by atoms with van der Waals surface area (Å²) in [6.45, 7) is 4.16. The number of piperazine rings is 1. The van der Waals surface area contributed by atoms with Gasteiger partial charge in [0.05, 0.1) is 15.8 Å². The van der Waals surface area contributed by atoms with E-state index in [4.69, 9.17) is 5.41 Å². The molecule has 0 unspecified atom stereocenters. The number of hydrogen-bond donors (Lipinski definition) is 1. The zero-order valence-electron chi connectivity index (χ0n) is 16.8. The zero-order valence-corrected chi connectivity index (χ0v) is 17.6. The highest BCUT2D eigenvalue weighted by Gasteiger charge is 2.34. The maximum absolute atomic E-state index is 13.2. The van der Waals surface area contributed by atoms with E-state index < -0.39 is 11.7 Å². The number of hydrogen-bond acceptors (Lipinski definition) is 4. The molecule has 31 heavy (non-hydrogen) atoms. The van der Waals surface area contributed by atoms with Gasteiger partial charge in [0.25, 0.3) is 0 Å². The van der Waals surface area contributed by atoms with Crippen molar-refractivity contribution in [2.75, 3.05) is 37.6 Å². The van der Waals surface area contributed by atoms with Gasteiger partial charge in [-0.3, -0.25) is 10.3 Å². The Morgan fingerprint density at radius 3 is 2.42 bits per heavy atom. The number of alkyl halides is 3. The van der Waals surface area contributed by atoms with Crippen molar-refractivity contribution in [3.05, 3.63) is 58.1 Å². The van der Waals surface area contributed by atoms with Crippen molar-refractivity contribution < 1.29 is 17.6 Å². The van der Waals surface area contributed by atoms with Crippen molar-refractivity contribution in [1.82, 2.24) is 9.47 Å². The minimum absolute atomic E-state index is 0.0860. The van der Waals surface area contributed by atoms with Gasteiger partial charge in [0.2, 0.25) is 0 Å². The minimum atomic E-state index is -4.37. The van der Waals surface area contributed by atoms with Crippen LogP contribution in [0.2, 0.25) is 0 Å². The summed E-state index contributed by atoms with van der Waals surface area (Å²) < 4.78 is 55.4. The van der Waals surface area contributed by atoms with E-state index in [1.165, 1.54) is 24.3 Å². The first-order chi connectivity index (χ1) is 14.8. The maximum Gasteiger partial charge on any atom is 0.416 e. The largest absolute Gasteiger partial charge is 0.416 e. The summed E-state index contributed by atoms with van der Waals surface area (Å²) in [5.74, 6) is -0.243. The monoisotopic (exact) mass is 450 g/mol. The highest BCUT2D eigenvalue weighted by Crippen LogP contribution is 2.38. The molecule has 9 heteroatoms. The lowest BCUT2D eigenvalue weighted by Crippen LogP contribution is -2.48. The molecule has 0 saturated carbocycles. The molecule has 1 fully saturated rings. The molecule has 3 aromatic rings. The number of anilines is 1. The number of nitrogens with zero attached hydrogens (tertiary/aromatic N) is 3. The highest BCUT2D eigenvalue weighted by atomic mass is 32.1. The van der Waals surface area contributed by atoms with E-state index >= 15 is 0 Å². The van der Waals surface area contributed by atoms with Crippen LogP contribution in [-0.4, -0.2) is 42.2 Å². The summed E-state index contributed by atoms with van der Waals surface area (Å²) >= 11 is 1.12. The molecule has 0 bridgehead atoms. The molecule has 5 rings (SSSR count). The summed E-state index contributed by atoms with van der Waals surface area (Å²) in [5.41, 5.74) is 1.87. The Bertz CT molecular complexity index is 1160. The van der Waals surface area contributed by atoms with Gasteiger partial charge in [0, 0.05) is 44.5 Å². The zero-order chi connectivity index (χ0) is 21.8. The second-order valence-corrected chi connectivity index (χ2v) is 9.24. The van der Waals surface area contributed by atoms with Crippen molar-refractivity contribution in [1.29, 1.82) is 5.41 Å². The van der Waals surface area contributed by atoms with Crippen LogP contribution in [0.3, 0.4) is 0 Å². The van der Waals surface area contributed by atoms with E-state index in [1.54, 1.807) is 12.1 Å². The minimum Gasteiger partial charge on any atom is -0.369 e. The van der Waals surface area contributed by atoms with Crippen LogP contribution in [0.5, 0.6) is 0 Å². The summed E-state index contributed by atoms with van der Waals surface area (Å²) in [6, 6.07) is 9.05. The average molecular weight is 451 g/mol. The molecule has 4 nitrogen and oxygen atoms in total. The van der Waals surface area contributed by atoms with E-state index in [0.717, 1.165) is 61.7 Å². The molecule has 2 aromatic carbocycles. The van der Waals surface area contributed by atoms with E-state index in [-0.39, 0.29) is 11.9 Å². The fourth-order valence-corrected chi connectivity index (χ4v) is 5.80. The molecule has 2 aliphatic rings. The van der Waals surface area contributed by atoms with Gasteiger partial charge in [0.15, 0.2) is 4.80 Å². The average Bonchev–Trinajstić information content (AvgIpc) is 3.08. The van der Waals surface area contributed by atoms with Crippen LogP contribution in [0.4, 0.5) is 23.2 Å². The lowest BCUT2D eigenvalue weighted by Gasteiger charge is -2.38. The predicted molar refractivity (Wildman–Crippen MR) is 113 cm³/mol. The van der Waals surface area contributed by atoms with Crippen molar-refractivity contribution in [3.63, 3.8) is 0 Å². The molecule has 1 N–H and O–H groups in total. The number of benzene rings is 2. The standard InChI is InChI=1S/C22H22F4N4S/c23-16-2-5-17(6-3-16)29-9-7-28(8-10-29)13-18-4-1-14-11-15(22(24,25)26)12-19-20(14)30(18)21(27)31-19/h2-3,5-6,11-12,18,27H,1,4,7-10,13H2/t18-/m1/s1. The molecule has 1 saturated heterocycles. The number of aromatic nitrogens is 1. The van der Waals surface area contributed by atoms with Crippen molar-refractivity contribution in [2.45, 2.75) is 25.1 Å². The van der Waals surface area contributed by atoms with Gasteiger partial charge in [-0.15, -0.1) is 0 Å². The first-order valence-electron chi connectivity index (χ1n) is 10.3. The molecule has 164 valence electrons. The first kappa shape index (κ1) is 20.5. The van der Waals surface area contributed by atoms with Crippen LogP contribution in [0.25, 0.3) is 10.2 Å². The van der Waals surface area contributed by atoms with E-state index in [0.29, 0.717) is 21.5 Å². The Kier molecular flexibility index (Phi) is 5.05. The number of halogens is 4. The van der Waals surface area contributed by atoms with Crippen LogP contribution in [0.1, 0.15) is 23.6 Å². The van der Waals surface area contributed by atoms with Crippen LogP contribution < -0.4 is 9.70 Å². The quantitative estimate of drug-likeness (QED) is 0.590. The van der Waals surface area contributed by atoms with Crippen LogP contribution in [0, 0.1) is 11.2 Å². The second kappa shape index (κ2) is 7.63. The Morgan fingerprint density at radius 1 is 1.03 bits per heavy atom. The summed E-state index contributed by atoms with van der Waals surface area (Å²) in [4.78, 5) is 4.90. The van der Waals surface area contributed by atoms with Gasteiger partial charge in [0.1, 0.15) is 5.82 Å². The summed E-state index contributed by atoms with van der Waals surface area (Å²) in [6.07, 6.45) is -3.05. The van der Waals surface area contributed by atoms with Crippen LogP contribution in [-0.2, 0) is 12.6 Å². The van der Waals surface area contributed by atoms with Gasteiger partial charge >= 0.3 is 6.18 Å². The van der Waals surface area contributed by atoms with Gasteiger partial charge in [-0.05, 0) is 54.8 Å². The molecule has 1 aromatic heterocycles. The van der Waals surface area contributed by atoms with Gasteiger partial charge in [-0.25, -0.2) is 4.39 Å². The Morgan fingerprint density at radius 2 is 1.74 bits per heavy atom. The third kappa shape index (κ3) is 3.85. The number of nitrogens with one attached hydrogen (secondary N) is 1. The molecule has 0 spiro atoms. The van der Waals surface area contributed by atoms with E-state index in [1.807, 2.05) is 4.57 Å². The highest BCUT2D eigenvalue weighted by molar-refractivity contribution is 7.16. The van der Waals surface area contributed by atoms with E-state index in [2.05, 4.69) is 9.80 Å². The lowest BCUT2D eigenvalue weighted by atomic mass is 9.96. The van der Waals surface area contributed by atoms with Gasteiger partial charge in [-0.1, -0.05) is 11.3 Å². The molecular formula is C22H22F4N4S. The Hall–Kier alpha value is -2.39. The molecule has 3 heterocycles.